The van der Waals surface area contributed by atoms with E-state index in [0.717, 1.165) is 0 Å². The van der Waals surface area contributed by atoms with Gasteiger partial charge in [0.15, 0.2) is 0 Å². The molecule has 0 rings (SSSR count). The fourth-order valence-corrected chi connectivity index (χ4v) is 1.42. The van der Waals surface area contributed by atoms with Gasteiger partial charge in [0.25, 0.3) is 0 Å². The topological polar surface area (TPSA) is 66.8 Å². The van der Waals surface area contributed by atoms with Crippen molar-refractivity contribution < 1.29 is 19.4 Å². The summed E-state index contributed by atoms with van der Waals surface area (Å²) < 4.78 is 4.53. The highest BCUT2D eigenvalue weighted by atomic mass is 16.5. The largest absolute Gasteiger partial charge is 0.480 e. The maximum Gasteiger partial charge on any atom is 0.320 e. The highest BCUT2D eigenvalue weighted by Crippen LogP contribution is 2.09. The van der Waals surface area contributed by atoms with Crippen molar-refractivity contribution in [1.29, 1.82) is 0 Å². The Morgan fingerprint density at radius 1 is 1.40 bits per heavy atom. The number of esters is 1. The summed E-state index contributed by atoms with van der Waals surface area (Å²) in [7, 11) is 1.29. The summed E-state index contributed by atoms with van der Waals surface area (Å²) in [5, 5.41) is 8.98. The van der Waals surface area contributed by atoms with Gasteiger partial charge in [-0.2, -0.15) is 0 Å². The summed E-state index contributed by atoms with van der Waals surface area (Å²) >= 11 is 0. The fraction of sp³-hybridized carbons (Fsp3) is 0.800. The van der Waals surface area contributed by atoms with Gasteiger partial charge in [-0.25, -0.2) is 0 Å². The van der Waals surface area contributed by atoms with Crippen molar-refractivity contribution in [3.05, 3.63) is 0 Å². The first-order valence-electron chi connectivity index (χ1n) is 4.99. The van der Waals surface area contributed by atoms with Crippen LogP contribution in [-0.2, 0) is 14.3 Å². The van der Waals surface area contributed by atoms with Crippen molar-refractivity contribution in [1.82, 2.24) is 4.90 Å². The quantitative estimate of drug-likeness (QED) is 0.664. The Hall–Kier alpha value is -1.10. The Bertz CT molecular complexity index is 227. The van der Waals surface area contributed by atoms with E-state index >= 15 is 0 Å². The summed E-state index contributed by atoms with van der Waals surface area (Å²) in [4.78, 5) is 23.7. The van der Waals surface area contributed by atoms with Gasteiger partial charge in [0, 0.05) is 6.04 Å². The van der Waals surface area contributed by atoms with E-state index in [1.807, 2.05) is 13.8 Å². The third kappa shape index (κ3) is 4.29. The van der Waals surface area contributed by atoms with E-state index in [2.05, 4.69) is 4.74 Å². The molecular weight excluding hydrogens is 198 g/mol. The maximum atomic E-state index is 11.1. The SMILES string of the molecule is CCC(C(=O)O)N(CC(=O)OC)C(C)C. The second-order valence-corrected chi connectivity index (χ2v) is 3.60. The lowest BCUT2D eigenvalue weighted by atomic mass is 10.1. The summed E-state index contributed by atoms with van der Waals surface area (Å²) in [6, 6.07) is -0.644. The van der Waals surface area contributed by atoms with Gasteiger partial charge in [0.2, 0.25) is 0 Å². The normalized spacial score (nSPS) is 12.9. The van der Waals surface area contributed by atoms with Crippen molar-refractivity contribution in [3.63, 3.8) is 0 Å². The third-order valence-electron chi connectivity index (χ3n) is 2.27. The Kier molecular flexibility index (Phi) is 5.93. The molecule has 0 aliphatic heterocycles. The van der Waals surface area contributed by atoms with E-state index in [-0.39, 0.29) is 12.6 Å². The van der Waals surface area contributed by atoms with E-state index in [1.165, 1.54) is 7.11 Å². The van der Waals surface area contributed by atoms with Crippen LogP contribution in [0, 0.1) is 0 Å². The molecule has 0 radical (unpaired) electrons. The van der Waals surface area contributed by atoms with Crippen LogP contribution in [0.5, 0.6) is 0 Å². The number of carbonyl (C=O) groups excluding carboxylic acids is 1. The molecule has 0 bridgehead atoms. The second-order valence-electron chi connectivity index (χ2n) is 3.60. The molecule has 0 amide bonds. The van der Waals surface area contributed by atoms with Gasteiger partial charge in [-0.3, -0.25) is 14.5 Å². The summed E-state index contributed by atoms with van der Waals surface area (Å²) in [6.45, 7) is 5.51. The Morgan fingerprint density at radius 3 is 2.20 bits per heavy atom. The Balaban J connectivity index is 4.63. The molecular formula is C10H19NO4. The summed E-state index contributed by atoms with van der Waals surface area (Å²) in [5.74, 6) is -1.32. The predicted octanol–water partition coefficient (Wildman–Crippen LogP) is 0.733. The predicted molar refractivity (Wildman–Crippen MR) is 55.6 cm³/mol. The Labute approximate surface area is 90.0 Å². The number of carboxylic acid groups (broad SMARTS) is 1. The van der Waals surface area contributed by atoms with Gasteiger partial charge in [-0.1, -0.05) is 6.92 Å². The van der Waals surface area contributed by atoms with Gasteiger partial charge in [-0.15, -0.1) is 0 Å². The van der Waals surface area contributed by atoms with E-state index in [0.29, 0.717) is 6.42 Å². The van der Waals surface area contributed by atoms with Crippen LogP contribution < -0.4 is 0 Å². The minimum atomic E-state index is -0.907. The van der Waals surface area contributed by atoms with Gasteiger partial charge >= 0.3 is 11.9 Å². The molecule has 0 saturated carbocycles. The molecule has 88 valence electrons. The number of nitrogens with zero attached hydrogens (tertiary/aromatic N) is 1. The Morgan fingerprint density at radius 2 is 1.93 bits per heavy atom. The zero-order valence-corrected chi connectivity index (χ0v) is 9.69. The van der Waals surface area contributed by atoms with Crippen LogP contribution in [0.25, 0.3) is 0 Å². The molecule has 0 saturated heterocycles. The van der Waals surface area contributed by atoms with Crippen molar-refractivity contribution in [2.45, 2.75) is 39.3 Å². The maximum absolute atomic E-state index is 11.1. The van der Waals surface area contributed by atoms with Crippen LogP contribution in [0.2, 0.25) is 0 Å². The number of carbonyl (C=O) groups is 2. The standard InChI is InChI=1S/C10H19NO4/c1-5-8(10(13)14)11(7(2)3)6-9(12)15-4/h7-8H,5-6H2,1-4H3,(H,13,14). The van der Waals surface area contributed by atoms with E-state index in [1.54, 1.807) is 11.8 Å². The number of aliphatic carboxylic acids is 1. The second kappa shape index (κ2) is 6.40. The van der Waals surface area contributed by atoms with Crippen LogP contribution in [0.3, 0.4) is 0 Å². The number of ether oxygens (including phenoxy) is 1. The molecule has 5 nitrogen and oxygen atoms in total. The average Bonchev–Trinajstić information content (AvgIpc) is 2.16. The first kappa shape index (κ1) is 13.9. The van der Waals surface area contributed by atoms with Crippen LogP contribution >= 0.6 is 0 Å². The highest BCUT2D eigenvalue weighted by Gasteiger charge is 2.27. The minimum absolute atomic E-state index is 0.00912. The lowest BCUT2D eigenvalue weighted by molar-refractivity contribution is -0.149. The smallest absolute Gasteiger partial charge is 0.320 e. The molecule has 0 aromatic rings. The number of hydrogen-bond donors (Lipinski definition) is 1. The third-order valence-corrected chi connectivity index (χ3v) is 2.27. The van der Waals surface area contributed by atoms with Crippen LogP contribution in [0.15, 0.2) is 0 Å². The van der Waals surface area contributed by atoms with Gasteiger partial charge in [0.1, 0.15) is 6.04 Å². The number of methoxy groups -OCH3 is 1. The van der Waals surface area contributed by atoms with Crippen LogP contribution in [0.4, 0.5) is 0 Å². The molecule has 5 heteroatoms. The first-order chi connectivity index (χ1) is 6.93. The van der Waals surface area contributed by atoms with E-state index in [4.69, 9.17) is 5.11 Å². The van der Waals surface area contributed by atoms with Crippen LogP contribution in [0.1, 0.15) is 27.2 Å². The highest BCUT2D eigenvalue weighted by molar-refractivity contribution is 5.76. The zero-order chi connectivity index (χ0) is 12.0. The number of rotatable bonds is 6. The van der Waals surface area contributed by atoms with Gasteiger partial charge in [0.05, 0.1) is 13.7 Å². The zero-order valence-electron chi connectivity index (χ0n) is 9.69. The molecule has 0 fully saturated rings. The van der Waals surface area contributed by atoms with Crippen LogP contribution in [-0.4, -0.2) is 47.7 Å². The molecule has 15 heavy (non-hydrogen) atoms. The fourth-order valence-electron chi connectivity index (χ4n) is 1.42. The minimum Gasteiger partial charge on any atom is -0.480 e. The van der Waals surface area contributed by atoms with Crippen molar-refractivity contribution >= 4 is 11.9 Å². The van der Waals surface area contributed by atoms with E-state index < -0.39 is 18.0 Å². The lowest BCUT2D eigenvalue weighted by Gasteiger charge is -2.30. The monoisotopic (exact) mass is 217 g/mol. The van der Waals surface area contributed by atoms with Gasteiger partial charge < -0.3 is 9.84 Å². The first-order valence-corrected chi connectivity index (χ1v) is 4.99. The lowest BCUT2D eigenvalue weighted by Crippen LogP contribution is -2.47. The van der Waals surface area contributed by atoms with Crippen molar-refractivity contribution in [2.75, 3.05) is 13.7 Å². The van der Waals surface area contributed by atoms with Crippen molar-refractivity contribution in [3.8, 4) is 0 Å². The molecule has 0 spiro atoms. The average molecular weight is 217 g/mol. The summed E-state index contributed by atoms with van der Waals surface area (Å²) in [5.41, 5.74) is 0. The molecule has 1 unspecified atom stereocenters. The molecule has 0 aromatic heterocycles. The molecule has 0 aliphatic carbocycles. The molecule has 1 N–H and O–H groups in total. The van der Waals surface area contributed by atoms with E-state index in [9.17, 15) is 9.59 Å². The summed E-state index contributed by atoms with van der Waals surface area (Å²) in [6.07, 6.45) is 0.463. The number of carboxylic acids is 1. The van der Waals surface area contributed by atoms with Crippen molar-refractivity contribution in [2.24, 2.45) is 0 Å². The van der Waals surface area contributed by atoms with Gasteiger partial charge in [-0.05, 0) is 20.3 Å². The molecule has 0 aliphatic rings. The molecule has 0 aromatic carbocycles. The molecule has 1 atom stereocenters. The molecule has 0 heterocycles. The number of hydrogen-bond acceptors (Lipinski definition) is 4.